The number of hydrogen-bond donors (Lipinski definition) is 3. The van der Waals surface area contributed by atoms with Gasteiger partial charge in [-0.05, 0) is 42.7 Å². The summed E-state index contributed by atoms with van der Waals surface area (Å²) in [6.45, 7) is 4.45. The molecule has 0 aliphatic heterocycles. The summed E-state index contributed by atoms with van der Waals surface area (Å²) in [5.74, 6) is 0.781. The van der Waals surface area contributed by atoms with E-state index in [1.165, 1.54) is 25.7 Å². The van der Waals surface area contributed by atoms with Crippen molar-refractivity contribution in [2.75, 3.05) is 19.8 Å². The van der Waals surface area contributed by atoms with Crippen LogP contribution < -0.4 is 10.1 Å². The molecule has 0 fully saturated rings. The highest BCUT2D eigenvalue weighted by atomic mass is 16.5. The zero-order valence-corrected chi connectivity index (χ0v) is 20.6. The molecule has 0 aromatic heterocycles. The van der Waals surface area contributed by atoms with Crippen LogP contribution in [0, 0.1) is 0 Å². The minimum atomic E-state index is -1.02. The molecule has 2 aromatic rings. The van der Waals surface area contributed by atoms with Crippen LogP contribution in [-0.4, -0.2) is 41.5 Å². The molecule has 3 N–H and O–H groups in total. The van der Waals surface area contributed by atoms with E-state index in [9.17, 15) is 15.0 Å². The molecule has 2 aromatic carbocycles. The van der Waals surface area contributed by atoms with Gasteiger partial charge in [-0.3, -0.25) is 4.79 Å². The van der Waals surface area contributed by atoms with Crippen molar-refractivity contribution in [2.24, 2.45) is 0 Å². The molecular formula is C28H43NO4. The lowest BCUT2D eigenvalue weighted by molar-refractivity contribution is -0.124. The molecule has 5 nitrogen and oxygen atoms in total. The summed E-state index contributed by atoms with van der Waals surface area (Å²) in [5.41, 5.74) is 0.102. The maximum absolute atomic E-state index is 12.4. The highest BCUT2D eigenvalue weighted by Gasteiger charge is 2.30. The average Bonchev–Trinajstić information content (AvgIpc) is 2.84. The Morgan fingerprint density at radius 2 is 1.55 bits per heavy atom. The molecule has 184 valence electrons. The van der Waals surface area contributed by atoms with Gasteiger partial charge in [0.05, 0.1) is 25.4 Å². The third-order valence-electron chi connectivity index (χ3n) is 6.37. The van der Waals surface area contributed by atoms with E-state index >= 15 is 0 Å². The molecule has 0 heterocycles. The molecule has 0 aliphatic carbocycles. The fourth-order valence-corrected chi connectivity index (χ4v) is 4.18. The molecule has 5 heteroatoms. The fourth-order valence-electron chi connectivity index (χ4n) is 4.18. The lowest BCUT2D eigenvalue weighted by Gasteiger charge is -2.31. The van der Waals surface area contributed by atoms with E-state index in [2.05, 4.69) is 37.4 Å². The first-order valence-corrected chi connectivity index (χ1v) is 12.7. The Labute approximate surface area is 199 Å². The van der Waals surface area contributed by atoms with Crippen LogP contribution in [-0.2, 0) is 11.2 Å². The van der Waals surface area contributed by atoms with Gasteiger partial charge >= 0.3 is 0 Å². The van der Waals surface area contributed by atoms with Crippen LogP contribution >= 0.6 is 0 Å². The topological polar surface area (TPSA) is 78.8 Å². The second-order valence-electron chi connectivity index (χ2n) is 9.13. The van der Waals surface area contributed by atoms with Gasteiger partial charge in [-0.2, -0.15) is 0 Å². The zero-order chi connectivity index (χ0) is 23.9. The lowest BCUT2D eigenvalue weighted by atomic mass is 9.90. The van der Waals surface area contributed by atoms with Crippen molar-refractivity contribution >= 4 is 16.7 Å². The fraction of sp³-hybridized carbons (Fsp3) is 0.607. The number of unbranched alkanes of at least 4 members (excludes halogenated alkanes) is 6. The quantitative estimate of drug-likeness (QED) is 0.273. The molecular weight excluding hydrogens is 414 g/mol. The number of benzene rings is 2. The van der Waals surface area contributed by atoms with Gasteiger partial charge in [0.15, 0.2) is 0 Å². The van der Waals surface area contributed by atoms with Gasteiger partial charge in [0.2, 0.25) is 5.91 Å². The molecule has 0 radical (unpaired) electrons. The van der Waals surface area contributed by atoms with E-state index in [-0.39, 0.29) is 19.1 Å². The van der Waals surface area contributed by atoms with Crippen molar-refractivity contribution in [3.63, 3.8) is 0 Å². The highest BCUT2D eigenvalue weighted by molar-refractivity contribution is 5.91. The van der Waals surface area contributed by atoms with Crippen LogP contribution in [0.1, 0.15) is 83.6 Å². The molecule has 0 bridgehead atoms. The van der Waals surface area contributed by atoms with E-state index in [1.807, 2.05) is 18.2 Å². The maximum atomic E-state index is 12.4. The van der Waals surface area contributed by atoms with Gasteiger partial charge in [0.1, 0.15) is 5.75 Å². The van der Waals surface area contributed by atoms with Crippen LogP contribution in [0.2, 0.25) is 0 Å². The summed E-state index contributed by atoms with van der Waals surface area (Å²) in [6.07, 6.45) is 10.4. The Balaban J connectivity index is 2.05. The molecule has 0 atom stereocenters. The SMILES string of the molecule is CCCCCCCOc1ccc(CCC(CO)(CO)NC(=O)CCCCC)c2ccccc12. The third kappa shape index (κ3) is 8.63. The Hall–Kier alpha value is -2.11. The Kier molecular flexibility index (Phi) is 12.3. The van der Waals surface area contributed by atoms with Crippen molar-refractivity contribution < 1.29 is 19.7 Å². The first-order chi connectivity index (χ1) is 16.1. The van der Waals surface area contributed by atoms with Crippen molar-refractivity contribution in [1.82, 2.24) is 5.32 Å². The number of aliphatic hydroxyl groups is 2. The minimum absolute atomic E-state index is 0.112. The van der Waals surface area contributed by atoms with Gasteiger partial charge in [-0.15, -0.1) is 0 Å². The van der Waals surface area contributed by atoms with Gasteiger partial charge in [-0.1, -0.05) is 82.7 Å². The number of ether oxygens (including phenoxy) is 1. The normalized spacial score (nSPS) is 11.6. The summed E-state index contributed by atoms with van der Waals surface area (Å²) < 4.78 is 6.10. The Morgan fingerprint density at radius 1 is 0.879 bits per heavy atom. The second kappa shape index (κ2) is 14.9. The highest BCUT2D eigenvalue weighted by Crippen LogP contribution is 2.30. The van der Waals surface area contributed by atoms with Crippen molar-refractivity contribution in [3.05, 3.63) is 42.0 Å². The lowest BCUT2D eigenvalue weighted by Crippen LogP contribution is -2.54. The average molecular weight is 458 g/mol. The maximum Gasteiger partial charge on any atom is 0.220 e. The summed E-state index contributed by atoms with van der Waals surface area (Å²) in [4.78, 5) is 12.4. The van der Waals surface area contributed by atoms with Crippen molar-refractivity contribution in [3.8, 4) is 5.75 Å². The molecule has 0 saturated carbocycles. The molecule has 0 unspecified atom stereocenters. The number of aryl methyl sites for hydroxylation is 1. The Bertz CT molecular complexity index is 832. The van der Waals surface area contributed by atoms with E-state index in [0.29, 0.717) is 19.3 Å². The van der Waals surface area contributed by atoms with Gasteiger partial charge in [-0.25, -0.2) is 0 Å². The first kappa shape index (κ1) is 27.1. The van der Waals surface area contributed by atoms with Crippen LogP contribution in [0.3, 0.4) is 0 Å². The number of carbonyl (C=O) groups is 1. The number of carbonyl (C=O) groups excluding carboxylic acids is 1. The molecule has 0 saturated heterocycles. The third-order valence-corrected chi connectivity index (χ3v) is 6.37. The van der Waals surface area contributed by atoms with E-state index in [4.69, 9.17) is 4.74 Å². The first-order valence-electron chi connectivity index (χ1n) is 12.7. The van der Waals surface area contributed by atoms with Crippen molar-refractivity contribution in [1.29, 1.82) is 0 Å². The van der Waals surface area contributed by atoms with Crippen LogP contribution in [0.15, 0.2) is 36.4 Å². The van der Waals surface area contributed by atoms with Gasteiger partial charge in [0, 0.05) is 11.8 Å². The van der Waals surface area contributed by atoms with Crippen LogP contribution in [0.5, 0.6) is 5.75 Å². The number of fused-ring (bicyclic) bond motifs is 1. The summed E-state index contributed by atoms with van der Waals surface area (Å²) in [7, 11) is 0. The van der Waals surface area contributed by atoms with Crippen LogP contribution in [0.4, 0.5) is 0 Å². The van der Waals surface area contributed by atoms with Crippen molar-refractivity contribution in [2.45, 2.75) is 90.0 Å². The van der Waals surface area contributed by atoms with E-state index < -0.39 is 5.54 Å². The van der Waals surface area contributed by atoms with Gasteiger partial charge in [0.25, 0.3) is 0 Å². The van der Waals surface area contributed by atoms with E-state index in [0.717, 1.165) is 54.4 Å². The number of rotatable bonds is 17. The standard InChI is InChI=1S/C28H43NO4/c1-3-5-7-8-12-20-33-26-17-16-23(24-13-10-11-14-25(24)26)18-19-28(21-30,22-31)29-27(32)15-9-6-4-2/h10-11,13-14,16-17,30-31H,3-9,12,15,18-22H2,1-2H3,(H,29,32). The molecule has 2 rings (SSSR count). The molecule has 0 aliphatic rings. The number of nitrogens with one attached hydrogen (secondary N) is 1. The second-order valence-corrected chi connectivity index (χ2v) is 9.13. The summed E-state index contributed by atoms with van der Waals surface area (Å²) in [5, 5.41) is 25.1. The minimum Gasteiger partial charge on any atom is -0.493 e. The smallest absolute Gasteiger partial charge is 0.220 e. The van der Waals surface area contributed by atoms with Gasteiger partial charge < -0.3 is 20.3 Å². The van der Waals surface area contributed by atoms with E-state index in [1.54, 1.807) is 0 Å². The monoisotopic (exact) mass is 457 g/mol. The predicted molar refractivity (Wildman–Crippen MR) is 136 cm³/mol. The Morgan fingerprint density at radius 3 is 2.24 bits per heavy atom. The molecule has 33 heavy (non-hydrogen) atoms. The molecule has 0 spiro atoms. The zero-order valence-electron chi connectivity index (χ0n) is 20.6. The molecule has 1 amide bonds. The van der Waals surface area contributed by atoms with Crippen LogP contribution in [0.25, 0.3) is 10.8 Å². The predicted octanol–water partition coefficient (Wildman–Crippen LogP) is 5.54. The summed E-state index contributed by atoms with van der Waals surface area (Å²) >= 11 is 0. The number of amides is 1. The summed E-state index contributed by atoms with van der Waals surface area (Å²) in [6, 6.07) is 12.3. The largest absolute Gasteiger partial charge is 0.493 e. The number of aliphatic hydroxyl groups excluding tert-OH is 2. The number of hydrogen-bond acceptors (Lipinski definition) is 4.